The molecule has 2 aromatic rings. The Morgan fingerprint density at radius 3 is 2.50 bits per heavy atom. The second-order valence-electron chi connectivity index (χ2n) is 5.62. The first-order valence-electron chi connectivity index (χ1n) is 8.65. The molecule has 1 aromatic carbocycles. The molecule has 0 amide bonds. The Labute approximate surface area is 161 Å². The largest absolute Gasteiger partial charge is 0.394 e. The van der Waals surface area contributed by atoms with Crippen molar-refractivity contribution in [1.82, 2.24) is 4.98 Å². The molecule has 6 nitrogen and oxygen atoms in total. The van der Waals surface area contributed by atoms with Crippen molar-refractivity contribution in [2.75, 3.05) is 18.5 Å². The van der Waals surface area contributed by atoms with Crippen LogP contribution in [-0.2, 0) is 4.84 Å². The highest BCUT2D eigenvalue weighted by molar-refractivity contribution is 5.89. The van der Waals surface area contributed by atoms with E-state index in [1.54, 1.807) is 19.2 Å². The maximum atomic E-state index is 14.2. The Balaban J connectivity index is 0.00000190. The predicted octanol–water partition coefficient (Wildman–Crippen LogP) is 3.59. The topological polar surface area (TPSA) is 87.0 Å². The molecule has 0 unspecified atom stereocenters. The van der Waals surface area contributed by atoms with Gasteiger partial charge in [0.15, 0.2) is 17.5 Å². The van der Waals surface area contributed by atoms with Gasteiger partial charge in [0.05, 0.1) is 18.5 Å². The van der Waals surface area contributed by atoms with Crippen LogP contribution in [-0.4, -0.2) is 40.7 Å². The summed E-state index contributed by atoms with van der Waals surface area (Å²) >= 11 is 0. The van der Waals surface area contributed by atoms with Crippen molar-refractivity contribution in [3.63, 3.8) is 0 Å². The molecule has 0 fully saturated rings. The van der Waals surface area contributed by atoms with E-state index in [9.17, 15) is 13.2 Å². The summed E-state index contributed by atoms with van der Waals surface area (Å²) in [7, 11) is 0. The second kappa shape index (κ2) is 11.3. The summed E-state index contributed by atoms with van der Waals surface area (Å²) in [5.74, 6) is -4.18. The van der Waals surface area contributed by atoms with E-state index < -0.39 is 30.2 Å². The number of nitrogens with one attached hydrogen (secondary N) is 1. The third kappa shape index (κ3) is 6.21. The van der Waals surface area contributed by atoms with Gasteiger partial charge in [-0.3, -0.25) is 0 Å². The maximum absolute atomic E-state index is 14.2. The zero-order valence-electron chi connectivity index (χ0n) is 16.1. The lowest BCUT2D eigenvalue weighted by Gasteiger charge is -2.13. The number of benzene rings is 1. The van der Waals surface area contributed by atoms with E-state index in [-0.39, 0.29) is 23.7 Å². The van der Waals surface area contributed by atoms with Crippen LogP contribution in [0.3, 0.4) is 0 Å². The number of hydrogen-bond acceptors (Lipinski definition) is 6. The van der Waals surface area contributed by atoms with Gasteiger partial charge in [0.2, 0.25) is 0 Å². The minimum absolute atomic E-state index is 0.123. The van der Waals surface area contributed by atoms with Crippen LogP contribution in [0.15, 0.2) is 23.5 Å². The number of halogens is 3. The number of aryl methyl sites for hydroxylation is 2. The molecule has 0 spiro atoms. The fraction of sp³-hybridized carbons (Fsp3) is 0.368. The molecule has 0 aliphatic heterocycles. The fourth-order valence-electron chi connectivity index (χ4n) is 2.08. The van der Waals surface area contributed by atoms with Gasteiger partial charge in [-0.2, -0.15) is 0 Å². The zero-order valence-corrected chi connectivity index (χ0v) is 16.1. The fourth-order valence-corrected chi connectivity index (χ4v) is 2.08. The molecule has 0 aliphatic carbocycles. The van der Waals surface area contributed by atoms with Crippen LogP contribution in [0.4, 0.5) is 24.7 Å². The Hall–Kier alpha value is -2.65. The van der Waals surface area contributed by atoms with E-state index in [1.807, 2.05) is 20.8 Å². The lowest BCUT2D eigenvalue weighted by molar-refractivity contribution is 0.00884. The first-order chi connectivity index (χ1) is 13.3. The Bertz CT molecular complexity index is 817. The lowest BCUT2D eigenvalue weighted by atomic mass is 10.1. The number of aromatic nitrogens is 1. The monoisotopic (exact) mass is 399 g/mol. The normalized spacial score (nSPS) is 11.8. The SMILES string of the molecule is CC.Cc1cnc(Nc2c(/C=N/OC[C@@H](O)CO)cc(F)c(F)c2F)c(C)c1. The van der Waals surface area contributed by atoms with Gasteiger partial charge >= 0.3 is 0 Å². The Morgan fingerprint density at radius 1 is 1.21 bits per heavy atom. The number of anilines is 2. The van der Waals surface area contributed by atoms with Crippen LogP contribution in [0.2, 0.25) is 0 Å². The van der Waals surface area contributed by atoms with Gasteiger partial charge < -0.3 is 20.4 Å². The van der Waals surface area contributed by atoms with E-state index in [0.717, 1.165) is 17.8 Å². The number of aliphatic hydroxyl groups is 2. The summed E-state index contributed by atoms with van der Waals surface area (Å²) in [5.41, 5.74) is 1.08. The molecule has 0 bridgehead atoms. The van der Waals surface area contributed by atoms with E-state index in [2.05, 4.69) is 15.5 Å². The molecule has 0 radical (unpaired) electrons. The number of oxime groups is 1. The van der Waals surface area contributed by atoms with Gasteiger partial charge in [0.1, 0.15) is 18.5 Å². The van der Waals surface area contributed by atoms with Crippen LogP contribution in [0.25, 0.3) is 0 Å². The van der Waals surface area contributed by atoms with Crippen LogP contribution < -0.4 is 5.32 Å². The van der Waals surface area contributed by atoms with Gasteiger partial charge in [-0.05, 0) is 31.0 Å². The first kappa shape index (κ1) is 23.4. The summed E-state index contributed by atoms with van der Waals surface area (Å²) in [6.07, 6.45) is 1.35. The van der Waals surface area contributed by atoms with Crippen molar-refractivity contribution in [3.05, 3.63) is 52.5 Å². The predicted molar refractivity (Wildman–Crippen MR) is 101 cm³/mol. The first-order valence-corrected chi connectivity index (χ1v) is 8.65. The summed E-state index contributed by atoms with van der Waals surface area (Å²) in [4.78, 5) is 8.83. The summed E-state index contributed by atoms with van der Waals surface area (Å²) in [5, 5.41) is 23.9. The highest BCUT2D eigenvalue weighted by atomic mass is 19.2. The molecule has 154 valence electrons. The highest BCUT2D eigenvalue weighted by Gasteiger charge is 2.19. The van der Waals surface area contributed by atoms with Gasteiger partial charge in [-0.15, -0.1) is 0 Å². The number of nitrogens with zero attached hydrogens (tertiary/aromatic N) is 2. The minimum atomic E-state index is -1.63. The average molecular weight is 399 g/mol. The molecule has 1 aromatic heterocycles. The number of hydrogen-bond donors (Lipinski definition) is 3. The van der Waals surface area contributed by atoms with Gasteiger partial charge in [0, 0.05) is 11.8 Å². The lowest BCUT2D eigenvalue weighted by Crippen LogP contribution is -2.17. The molecular formula is C19H24F3N3O3. The van der Waals surface area contributed by atoms with Crippen molar-refractivity contribution in [1.29, 1.82) is 0 Å². The average Bonchev–Trinajstić information content (AvgIpc) is 2.69. The van der Waals surface area contributed by atoms with Crippen molar-refractivity contribution in [2.24, 2.45) is 5.16 Å². The smallest absolute Gasteiger partial charge is 0.196 e. The van der Waals surface area contributed by atoms with Crippen molar-refractivity contribution in [2.45, 2.75) is 33.8 Å². The summed E-state index contributed by atoms with van der Waals surface area (Å²) < 4.78 is 41.4. The molecule has 2 rings (SSSR count). The molecule has 28 heavy (non-hydrogen) atoms. The van der Waals surface area contributed by atoms with E-state index in [0.29, 0.717) is 5.56 Å². The van der Waals surface area contributed by atoms with Crippen LogP contribution in [0, 0.1) is 31.3 Å². The number of aliphatic hydroxyl groups excluding tert-OH is 2. The molecule has 0 aliphatic rings. The third-order valence-electron chi connectivity index (χ3n) is 3.40. The van der Waals surface area contributed by atoms with Crippen LogP contribution >= 0.6 is 0 Å². The minimum Gasteiger partial charge on any atom is -0.394 e. The van der Waals surface area contributed by atoms with Gasteiger partial charge in [-0.25, -0.2) is 18.2 Å². The molecule has 3 N–H and O–H groups in total. The zero-order chi connectivity index (χ0) is 21.3. The Kier molecular flexibility index (Phi) is 9.40. The highest BCUT2D eigenvalue weighted by Crippen LogP contribution is 2.28. The van der Waals surface area contributed by atoms with Crippen LogP contribution in [0.5, 0.6) is 0 Å². The van der Waals surface area contributed by atoms with E-state index >= 15 is 0 Å². The second-order valence-corrected chi connectivity index (χ2v) is 5.62. The quantitative estimate of drug-likeness (QED) is 0.376. The molecular weight excluding hydrogens is 375 g/mol. The van der Waals surface area contributed by atoms with E-state index in [4.69, 9.17) is 15.1 Å². The maximum Gasteiger partial charge on any atom is 0.196 e. The van der Waals surface area contributed by atoms with Gasteiger partial charge in [0.25, 0.3) is 0 Å². The summed E-state index contributed by atoms with van der Waals surface area (Å²) in [6.45, 7) is 6.71. The van der Waals surface area contributed by atoms with Crippen molar-refractivity contribution >= 4 is 17.7 Å². The molecule has 9 heteroatoms. The third-order valence-corrected chi connectivity index (χ3v) is 3.40. The van der Waals surface area contributed by atoms with Crippen LogP contribution in [0.1, 0.15) is 30.5 Å². The molecule has 0 saturated heterocycles. The standard InChI is InChI=1S/C17H18F3N3O3.C2H6/c1-9-3-10(2)17(21-5-9)23-16-11(4-13(18)14(19)15(16)20)6-22-26-8-12(25)7-24;1-2/h3-6,12,24-25H,7-8H2,1-2H3,(H,21,23);1-2H3/b22-6+;/t12-;/m0./s1. The molecule has 0 saturated carbocycles. The molecule has 1 atom stereocenters. The van der Waals surface area contributed by atoms with E-state index in [1.165, 1.54) is 0 Å². The Morgan fingerprint density at radius 2 is 1.89 bits per heavy atom. The van der Waals surface area contributed by atoms with Crippen molar-refractivity contribution < 1.29 is 28.2 Å². The van der Waals surface area contributed by atoms with Crippen molar-refractivity contribution in [3.8, 4) is 0 Å². The summed E-state index contributed by atoms with van der Waals surface area (Å²) in [6, 6.07) is 2.54. The molecule has 1 heterocycles. The number of rotatable bonds is 7. The van der Waals surface area contributed by atoms with Gasteiger partial charge in [-0.1, -0.05) is 25.1 Å². The number of pyridine rings is 1.